The summed E-state index contributed by atoms with van der Waals surface area (Å²) in [6.45, 7) is 0. The SMILES string of the molecule is OC12CC3C[C@@H]4C5CC(CC41)CC2[C@H]5C3. The molecule has 1 heteroatoms. The largest absolute Gasteiger partial charge is 0.389 e. The Morgan fingerprint density at radius 1 is 0.733 bits per heavy atom. The quantitative estimate of drug-likeness (QED) is 0.642. The van der Waals surface area contributed by atoms with Gasteiger partial charge in [-0.2, -0.15) is 0 Å². The van der Waals surface area contributed by atoms with Gasteiger partial charge in [0, 0.05) is 0 Å². The molecule has 0 aromatic heterocycles. The zero-order chi connectivity index (χ0) is 9.78. The van der Waals surface area contributed by atoms with Crippen LogP contribution in [0.3, 0.4) is 0 Å². The van der Waals surface area contributed by atoms with Crippen LogP contribution in [0.5, 0.6) is 0 Å². The second kappa shape index (κ2) is 2.16. The minimum atomic E-state index is -0.177. The Kier molecular flexibility index (Phi) is 1.17. The Hall–Kier alpha value is -0.0400. The van der Waals surface area contributed by atoms with Crippen LogP contribution < -0.4 is 0 Å². The van der Waals surface area contributed by atoms with Crippen molar-refractivity contribution in [3.05, 3.63) is 0 Å². The van der Waals surface area contributed by atoms with Crippen molar-refractivity contribution in [1.29, 1.82) is 0 Å². The molecule has 8 bridgehead atoms. The van der Waals surface area contributed by atoms with Crippen molar-refractivity contribution in [2.24, 2.45) is 41.4 Å². The molecule has 1 N–H and O–H groups in total. The van der Waals surface area contributed by atoms with Gasteiger partial charge >= 0.3 is 0 Å². The number of hydrogen-bond donors (Lipinski definition) is 1. The molecule has 8 atom stereocenters. The highest BCUT2D eigenvalue weighted by Gasteiger charge is 2.69. The minimum Gasteiger partial charge on any atom is -0.389 e. The molecule has 6 unspecified atom stereocenters. The van der Waals surface area contributed by atoms with Crippen LogP contribution in [-0.2, 0) is 0 Å². The summed E-state index contributed by atoms with van der Waals surface area (Å²) in [6, 6.07) is 0. The van der Waals surface area contributed by atoms with E-state index >= 15 is 0 Å². The summed E-state index contributed by atoms with van der Waals surface area (Å²) in [5.74, 6) is 6.31. The molecule has 82 valence electrons. The average Bonchev–Trinajstić information content (AvgIpc) is 2.24. The molecular weight excluding hydrogens is 184 g/mol. The van der Waals surface area contributed by atoms with Gasteiger partial charge in [0.1, 0.15) is 0 Å². The maximum atomic E-state index is 11.0. The zero-order valence-corrected chi connectivity index (χ0v) is 9.23. The van der Waals surface area contributed by atoms with Crippen LogP contribution in [0.2, 0.25) is 0 Å². The molecule has 1 nitrogen and oxygen atoms in total. The normalized spacial score (nSPS) is 73.0. The fourth-order valence-electron chi connectivity index (χ4n) is 6.91. The fourth-order valence-corrected chi connectivity index (χ4v) is 6.91. The third kappa shape index (κ3) is 0.712. The van der Waals surface area contributed by atoms with E-state index in [-0.39, 0.29) is 5.60 Å². The molecule has 0 aromatic rings. The molecule has 0 aromatic carbocycles. The van der Waals surface area contributed by atoms with Gasteiger partial charge in [-0.15, -0.1) is 0 Å². The average molecular weight is 204 g/mol. The maximum Gasteiger partial charge on any atom is 0.0712 e. The summed E-state index contributed by atoms with van der Waals surface area (Å²) in [6.07, 6.45) is 8.43. The van der Waals surface area contributed by atoms with Crippen molar-refractivity contribution in [2.75, 3.05) is 0 Å². The molecule has 7 fully saturated rings. The van der Waals surface area contributed by atoms with E-state index in [1.54, 1.807) is 0 Å². The van der Waals surface area contributed by atoms with Gasteiger partial charge in [-0.05, 0) is 80.0 Å². The third-order valence-corrected chi connectivity index (χ3v) is 7.02. The third-order valence-electron chi connectivity index (χ3n) is 7.02. The van der Waals surface area contributed by atoms with E-state index in [2.05, 4.69) is 0 Å². The van der Waals surface area contributed by atoms with Gasteiger partial charge in [0.05, 0.1) is 5.60 Å². The van der Waals surface area contributed by atoms with E-state index in [0.29, 0.717) is 0 Å². The van der Waals surface area contributed by atoms with Crippen LogP contribution >= 0.6 is 0 Å². The van der Waals surface area contributed by atoms with Crippen LogP contribution in [0.1, 0.15) is 38.5 Å². The predicted octanol–water partition coefficient (Wildman–Crippen LogP) is 2.44. The van der Waals surface area contributed by atoms with Gasteiger partial charge in [0.15, 0.2) is 0 Å². The first-order chi connectivity index (χ1) is 7.25. The Labute approximate surface area is 91.2 Å². The standard InChI is InChI=1S/C14H20O/c15-14-6-8-2-10-9-1-7(4-12(10)14)5-13(14)11(9)3-8/h7-13,15H,1-6H2/t7?,8?,9?,10-,11+,12?,13?,14?. The summed E-state index contributed by atoms with van der Waals surface area (Å²) in [5.41, 5.74) is -0.177. The smallest absolute Gasteiger partial charge is 0.0712 e. The molecule has 15 heavy (non-hydrogen) atoms. The number of rotatable bonds is 0. The summed E-state index contributed by atoms with van der Waals surface area (Å²) in [5, 5.41) is 11.0. The molecule has 0 spiro atoms. The molecule has 0 amide bonds. The second-order valence-corrected chi connectivity index (χ2v) is 7.31. The van der Waals surface area contributed by atoms with E-state index in [1.165, 1.54) is 38.5 Å². The molecule has 7 rings (SSSR count). The van der Waals surface area contributed by atoms with Crippen molar-refractivity contribution in [2.45, 2.75) is 44.1 Å². The van der Waals surface area contributed by atoms with Crippen molar-refractivity contribution >= 4 is 0 Å². The Morgan fingerprint density at radius 2 is 1.33 bits per heavy atom. The summed E-state index contributed by atoms with van der Waals surface area (Å²) < 4.78 is 0. The summed E-state index contributed by atoms with van der Waals surface area (Å²) in [4.78, 5) is 0. The molecule has 7 saturated carbocycles. The lowest BCUT2D eigenvalue weighted by atomic mass is 9.34. The van der Waals surface area contributed by atoms with Gasteiger partial charge in [-0.1, -0.05) is 0 Å². The molecule has 0 radical (unpaired) electrons. The van der Waals surface area contributed by atoms with Crippen molar-refractivity contribution in [3.63, 3.8) is 0 Å². The van der Waals surface area contributed by atoms with E-state index in [9.17, 15) is 5.11 Å². The van der Waals surface area contributed by atoms with Crippen molar-refractivity contribution in [3.8, 4) is 0 Å². The monoisotopic (exact) mass is 204 g/mol. The topological polar surface area (TPSA) is 20.2 Å². The van der Waals surface area contributed by atoms with E-state index in [0.717, 1.165) is 41.4 Å². The second-order valence-electron chi connectivity index (χ2n) is 7.31. The highest BCUT2D eigenvalue weighted by atomic mass is 16.3. The van der Waals surface area contributed by atoms with Crippen molar-refractivity contribution in [1.82, 2.24) is 0 Å². The Balaban J connectivity index is 1.73. The molecule has 0 saturated heterocycles. The van der Waals surface area contributed by atoms with Gasteiger partial charge in [-0.25, -0.2) is 0 Å². The number of aliphatic hydroxyl groups is 1. The maximum absolute atomic E-state index is 11.0. The summed E-state index contributed by atoms with van der Waals surface area (Å²) in [7, 11) is 0. The Bertz CT molecular complexity index is 312. The fraction of sp³-hybridized carbons (Fsp3) is 1.00. The van der Waals surface area contributed by atoms with Gasteiger partial charge < -0.3 is 5.11 Å². The molecule has 0 heterocycles. The van der Waals surface area contributed by atoms with Crippen LogP contribution in [0.25, 0.3) is 0 Å². The lowest BCUT2D eigenvalue weighted by Gasteiger charge is -2.72. The van der Waals surface area contributed by atoms with Gasteiger partial charge in [-0.3, -0.25) is 0 Å². The molecule has 0 aliphatic heterocycles. The van der Waals surface area contributed by atoms with Gasteiger partial charge in [0.25, 0.3) is 0 Å². The van der Waals surface area contributed by atoms with Crippen LogP contribution in [-0.4, -0.2) is 10.7 Å². The first kappa shape index (κ1) is 8.11. The highest BCUT2D eigenvalue weighted by molar-refractivity contribution is 5.19. The Morgan fingerprint density at radius 3 is 2.00 bits per heavy atom. The van der Waals surface area contributed by atoms with E-state index in [4.69, 9.17) is 0 Å². The zero-order valence-electron chi connectivity index (χ0n) is 9.23. The molecule has 7 aliphatic carbocycles. The van der Waals surface area contributed by atoms with Crippen LogP contribution in [0, 0.1) is 41.4 Å². The lowest BCUT2D eigenvalue weighted by Crippen LogP contribution is -2.71. The molecule has 7 aliphatic rings. The highest BCUT2D eigenvalue weighted by Crippen LogP contribution is 2.72. The lowest BCUT2D eigenvalue weighted by molar-refractivity contribution is -0.287. The predicted molar refractivity (Wildman–Crippen MR) is 57.1 cm³/mol. The number of hydrogen-bond acceptors (Lipinski definition) is 1. The van der Waals surface area contributed by atoms with Gasteiger partial charge in [0.2, 0.25) is 0 Å². The first-order valence-corrected chi connectivity index (χ1v) is 6.98. The van der Waals surface area contributed by atoms with Crippen LogP contribution in [0.4, 0.5) is 0 Å². The molecular formula is C14H20O. The first-order valence-electron chi connectivity index (χ1n) is 6.98. The van der Waals surface area contributed by atoms with Crippen LogP contribution in [0.15, 0.2) is 0 Å². The van der Waals surface area contributed by atoms with E-state index in [1.807, 2.05) is 0 Å². The summed E-state index contributed by atoms with van der Waals surface area (Å²) >= 11 is 0. The van der Waals surface area contributed by atoms with E-state index < -0.39 is 0 Å². The minimum absolute atomic E-state index is 0.177. The van der Waals surface area contributed by atoms with Crippen molar-refractivity contribution < 1.29 is 5.11 Å².